The molecule has 0 aromatic heterocycles. The number of hydrogen-bond acceptors (Lipinski definition) is 6. The van der Waals surface area contributed by atoms with Gasteiger partial charge in [0, 0.05) is 12.0 Å². The van der Waals surface area contributed by atoms with Crippen molar-refractivity contribution in [1.82, 2.24) is 10.8 Å². The maximum atomic E-state index is 13.2. The molecule has 32 heavy (non-hydrogen) atoms. The van der Waals surface area contributed by atoms with E-state index in [1.54, 1.807) is 5.48 Å². The van der Waals surface area contributed by atoms with Crippen molar-refractivity contribution in [2.24, 2.45) is 11.3 Å². The molecule has 2 amide bonds. The van der Waals surface area contributed by atoms with E-state index in [0.717, 1.165) is 16.3 Å². The van der Waals surface area contributed by atoms with Gasteiger partial charge in [-0.1, -0.05) is 63.2 Å². The van der Waals surface area contributed by atoms with Gasteiger partial charge >= 0.3 is 5.97 Å². The van der Waals surface area contributed by atoms with Crippen LogP contribution >= 0.6 is 0 Å². The Labute approximate surface area is 187 Å². The molecular formula is C24H30N2O6. The summed E-state index contributed by atoms with van der Waals surface area (Å²) in [6, 6.07) is 12.7. The Morgan fingerprint density at radius 1 is 1.19 bits per heavy atom. The number of carbonyl (C=O) groups excluding carboxylic acids is 3. The number of ether oxygens (including phenoxy) is 2. The Morgan fingerprint density at radius 2 is 1.91 bits per heavy atom. The van der Waals surface area contributed by atoms with E-state index in [1.165, 1.54) is 0 Å². The van der Waals surface area contributed by atoms with Crippen LogP contribution in [0.5, 0.6) is 0 Å². The molecule has 2 aromatic carbocycles. The summed E-state index contributed by atoms with van der Waals surface area (Å²) < 4.78 is 10.9. The summed E-state index contributed by atoms with van der Waals surface area (Å²) in [7, 11) is 0. The highest BCUT2D eigenvalue weighted by Crippen LogP contribution is 2.29. The van der Waals surface area contributed by atoms with Crippen molar-refractivity contribution in [3.05, 3.63) is 48.0 Å². The molecule has 8 nitrogen and oxygen atoms in total. The van der Waals surface area contributed by atoms with Crippen LogP contribution in [0.1, 0.15) is 32.8 Å². The number of nitrogens with one attached hydrogen (secondary N) is 2. The van der Waals surface area contributed by atoms with Gasteiger partial charge in [-0.2, -0.15) is 0 Å². The van der Waals surface area contributed by atoms with Gasteiger partial charge in [0.2, 0.25) is 5.91 Å². The zero-order valence-corrected chi connectivity index (χ0v) is 18.6. The lowest BCUT2D eigenvalue weighted by Gasteiger charge is -2.28. The molecular weight excluding hydrogens is 412 g/mol. The second kappa shape index (κ2) is 10.1. The number of esters is 1. The fourth-order valence-corrected chi connectivity index (χ4v) is 3.88. The molecule has 0 spiro atoms. The molecule has 172 valence electrons. The largest absolute Gasteiger partial charge is 0.463 e. The number of fused-ring (bicyclic) bond motifs is 1. The van der Waals surface area contributed by atoms with E-state index in [4.69, 9.17) is 9.47 Å². The average Bonchev–Trinajstić information content (AvgIpc) is 3.04. The molecule has 0 bridgehead atoms. The number of amides is 2. The monoisotopic (exact) mass is 442 g/mol. The average molecular weight is 443 g/mol. The van der Waals surface area contributed by atoms with Crippen LogP contribution < -0.4 is 10.8 Å². The third-order valence-electron chi connectivity index (χ3n) is 5.73. The van der Waals surface area contributed by atoms with Crippen molar-refractivity contribution in [3.63, 3.8) is 0 Å². The fourth-order valence-electron chi connectivity index (χ4n) is 3.88. The number of cyclic esters (lactones) is 1. The van der Waals surface area contributed by atoms with E-state index in [1.807, 2.05) is 63.2 Å². The topological polar surface area (TPSA) is 114 Å². The Hall–Kier alpha value is -2.97. The highest BCUT2D eigenvalue weighted by molar-refractivity contribution is 5.92. The molecule has 2 aromatic rings. The molecule has 1 aliphatic rings. The van der Waals surface area contributed by atoms with E-state index in [9.17, 15) is 19.6 Å². The summed E-state index contributed by atoms with van der Waals surface area (Å²) in [5, 5.41) is 14.1. The Kier molecular flexibility index (Phi) is 7.48. The van der Waals surface area contributed by atoms with E-state index in [2.05, 4.69) is 5.32 Å². The molecule has 1 heterocycles. The van der Waals surface area contributed by atoms with Crippen LogP contribution in [0.25, 0.3) is 10.8 Å². The molecule has 1 saturated heterocycles. The second-order valence-electron chi connectivity index (χ2n) is 8.80. The Morgan fingerprint density at radius 3 is 2.53 bits per heavy atom. The third-order valence-corrected chi connectivity index (χ3v) is 5.73. The summed E-state index contributed by atoms with van der Waals surface area (Å²) in [6.45, 7) is 5.95. The van der Waals surface area contributed by atoms with Crippen LogP contribution in [0.15, 0.2) is 42.5 Å². The van der Waals surface area contributed by atoms with E-state index < -0.39 is 41.3 Å². The van der Waals surface area contributed by atoms with Crippen LogP contribution in [0.2, 0.25) is 0 Å². The lowest BCUT2D eigenvalue weighted by molar-refractivity contribution is -0.150. The molecule has 3 atom stereocenters. The van der Waals surface area contributed by atoms with Crippen LogP contribution in [-0.2, 0) is 30.3 Å². The summed E-state index contributed by atoms with van der Waals surface area (Å²) in [5.41, 5.74) is 1.89. The molecule has 1 unspecified atom stereocenters. The first-order chi connectivity index (χ1) is 15.3. The number of hydrogen-bond donors (Lipinski definition) is 3. The fraction of sp³-hybridized carbons (Fsp3) is 0.458. The van der Waals surface area contributed by atoms with Gasteiger partial charge in [-0.25, -0.2) is 10.3 Å². The number of carbonyl (C=O) groups is 3. The van der Waals surface area contributed by atoms with E-state index >= 15 is 0 Å². The minimum atomic E-state index is -1.20. The van der Waals surface area contributed by atoms with Gasteiger partial charge < -0.3 is 14.8 Å². The molecule has 3 rings (SSSR count). The van der Waals surface area contributed by atoms with Crippen LogP contribution in [0, 0.1) is 11.3 Å². The van der Waals surface area contributed by atoms with Gasteiger partial charge in [0.05, 0.1) is 12.5 Å². The standard InChI is InChI=1S/C24H30N2O6/c1-4-11-31-19(22(28)25-20-23(29)32-14-24(20,2)3)18(21(27)26-30)13-15-9-10-16-7-5-6-8-17(16)12-15/h5-10,12,18-20,30H,4,11,13-14H2,1-3H3,(H,25,28)(H,26,27)/t18-,19+,20?/m0/s1. The van der Waals surface area contributed by atoms with Crippen molar-refractivity contribution < 1.29 is 29.1 Å². The molecule has 0 aliphatic carbocycles. The smallest absolute Gasteiger partial charge is 0.329 e. The predicted octanol–water partition coefficient (Wildman–Crippen LogP) is 2.37. The van der Waals surface area contributed by atoms with Crippen molar-refractivity contribution in [1.29, 1.82) is 0 Å². The first kappa shape index (κ1) is 23.7. The van der Waals surface area contributed by atoms with Gasteiger partial charge in [-0.3, -0.25) is 14.8 Å². The lowest BCUT2D eigenvalue weighted by atomic mass is 9.86. The van der Waals surface area contributed by atoms with Crippen LogP contribution in [-0.4, -0.2) is 48.4 Å². The normalized spacial score (nSPS) is 19.2. The second-order valence-corrected chi connectivity index (χ2v) is 8.80. The van der Waals surface area contributed by atoms with Gasteiger partial charge in [-0.15, -0.1) is 0 Å². The minimum absolute atomic E-state index is 0.164. The summed E-state index contributed by atoms with van der Waals surface area (Å²) in [6.07, 6.45) is -0.403. The van der Waals surface area contributed by atoms with Gasteiger partial charge in [0.1, 0.15) is 12.1 Å². The van der Waals surface area contributed by atoms with Crippen molar-refractivity contribution in [2.75, 3.05) is 13.2 Å². The number of benzene rings is 2. The van der Waals surface area contributed by atoms with Crippen LogP contribution in [0.4, 0.5) is 0 Å². The quantitative estimate of drug-likeness (QED) is 0.312. The summed E-state index contributed by atoms with van der Waals surface area (Å²) in [5.74, 6) is -2.85. The van der Waals surface area contributed by atoms with Gasteiger partial charge in [-0.05, 0) is 29.2 Å². The number of hydroxylamine groups is 1. The first-order valence-corrected chi connectivity index (χ1v) is 10.8. The zero-order chi connectivity index (χ0) is 23.3. The van der Waals surface area contributed by atoms with Gasteiger partial charge in [0.15, 0.2) is 0 Å². The van der Waals surface area contributed by atoms with E-state index in [0.29, 0.717) is 6.42 Å². The summed E-state index contributed by atoms with van der Waals surface area (Å²) >= 11 is 0. The van der Waals surface area contributed by atoms with E-state index in [-0.39, 0.29) is 19.6 Å². The molecule has 1 fully saturated rings. The highest BCUT2D eigenvalue weighted by Gasteiger charge is 2.46. The maximum absolute atomic E-state index is 13.2. The Balaban J connectivity index is 1.87. The Bertz CT molecular complexity index is 989. The highest BCUT2D eigenvalue weighted by atomic mass is 16.5. The van der Waals surface area contributed by atoms with Crippen molar-refractivity contribution in [2.45, 2.75) is 45.8 Å². The summed E-state index contributed by atoms with van der Waals surface area (Å²) in [4.78, 5) is 37.9. The molecule has 8 heteroatoms. The zero-order valence-electron chi connectivity index (χ0n) is 18.6. The first-order valence-electron chi connectivity index (χ1n) is 10.8. The maximum Gasteiger partial charge on any atom is 0.329 e. The predicted molar refractivity (Wildman–Crippen MR) is 118 cm³/mol. The molecule has 0 saturated carbocycles. The minimum Gasteiger partial charge on any atom is -0.463 e. The van der Waals surface area contributed by atoms with Gasteiger partial charge in [0.25, 0.3) is 5.91 Å². The van der Waals surface area contributed by atoms with Crippen molar-refractivity contribution in [3.8, 4) is 0 Å². The third kappa shape index (κ3) is 5.26. The SMILES string of the molecule is CCCO[C@@H](C(=O)NC1C(=O)OCC1(C)C)[C@H](Cc1ccc2ccccc2c1)C(=O)NO. The van der Waals surface area contributed by atoms with Crippen LogP contribution in [0.3, 0.4) is 0 Å². The molecule has 3 N–H and O–H groups in total. The molecule has 1 aliphatic heterocycles. The van der Waals surface area contributed by atoms with Crippen molar-refractivity contribution >= 4 is 28.6 Å². The number of rotatable bonds is 9. The molecule has 0 radical (unpaired) electrons. The lowest BCUT2D eigenvalue weighted by Crippen LogP contribution is -2.54.